The van der Waals surface area contributed by atoms with Gasteiger partial charge in [0.1, 0.15) is 0 Å². The lowest BCUT2D eigenvalue weighted by Gasteiger charge is -2.06. The third kappa shape index (κ3) is 1.46. The van der Waals surface area contributed by atoms with Gasteiger partial charge in [-0.05, 0) is 12.1 Å². The maximum Gasteiger partial charge on any atom is 0.281 e. The molecule has 2 heterocycles. The summed E-state index contributed by atoms with van der Waals surface area (Å²) in [4.78, 5) is 15.9. The Labute approximate surface area is 102 Å². The van der Waals surface area contributed by atoms with Crippen LogP contribution in [-0.4, -0.2) is 20.6 Å². The number of rotatable bonds is 1. The fraction of sp³-hybridized carbons (Fsp3) is 0.273. The minimum atomic E-state index is -0.130. The Kier molecular flexibility index (Phi) is 2.44. The first-order valence-electron chi connectivity index (χ1n) is 5.06. The SMILES string of the molecule is O=c1nc2n(c3ccccc13)CC(CS)S2. The maximum absolute atomic E-state index is 11.8. The number of aromatic nitrogens is 2. The summed E-state index contributed by atoms with van der Waals surface area (Å²) in [6.45, 7) is 0.886. The minimum Gasteiger partial charge on any atom is -0.319 e. The molecule has 0 fully saturated rings. The van der Waals surface area contributed by atoms with Gasteiger partial charge in [-0.15, -0.1) is 0 Å². The molecular formula is C11H10N2OS2. The van der Waals surface area contributed by atoms with E-state index in [9.17, 15) is 4.79 Å². The summed E-state index contributed by atoms with van der Waals surface area (Å²) < 4.78 is 2.11. The highest BCUT2D eigenvalue weighted by Gasteiger charge is 2.23. The Hall–Kier alpha value is -0.940. The predicted molar refractivity (Wildman–Crippen MR) is 69.5 cm³/mol. The number of thioether (sulfide) groups is 1. The summed E-state index contributed by atoms with van der Waals surface area (Å²) in [5, 5.41) is 1.94. The molecule has 0 saturated carbocycles. The molecule has 1 aliphatic rings. The first kappa shape index (κ1) is 10.2. The van der Waals surface area contributed by atoms with Gasteiger partial charge in [0.15, 0.2) is 5.16 Å². The normalized spacial score (nSPS) is 18.9. The van der Waals surface area contributed by atoms with E-state index in [1.807, 2.05) is 24.3 Å². The van der Waals surface area contributed by atoms with Crippen molar-refractivity contribution in [1.82, 2.24) is 9.55 Å². The molecule has 3 nitrogen and oxygen atoms in total. The van der Waals surface area contributed by atoms with Gasteiger partial charge in [0.25, 0.3) is 5.56 Å². The highest BCUT2D eigenvalue weighted by atomic mass is 32.2. The van der Waals surface area contributed by atoms with Gasteiger partial charge in [-0.2, -0.15) is 17.6 Å². The van der Waals surface area contributed by atoms with Gasteiger partial charge in [-0.3, -0.25) is 4.79 Å². The Bertz CT molecular complexity index is 608. The Morgan fingerprint density at radius 3 is 3.12 bits per heavy atom. The summed E-state index contributed by atoms with van der Waals surface area (Å²) >= 11 is 5.94. The molecule has 0 radical (unpaired) electrons. The standard InChI is InChI=1S/C11H10N2OS2/c14-10-8-3-1-2-4-9(8)13-5-7(6-15)16-11(13)12-10/h1-4,7,15H,5-6H2. The molecule has 0 bridgehead atoms. The van der Waals surface area contributed by atoms with Crippen molar-refractivity contribution in [1.29, 1.82) is 0 Å². The third-order valence-electron chi connectivity index (χ3n) is 2.72. The average Bonchev–Trinajstić information content (AvgIpc) is 2.72. The number of hydrogen-bond acceptors (Lipinski definition) is 4. The van der Waals surface area contributed by atoms with E-state index in [2.05, 4.69) is 22.2 Å². The lowest BCUT2D eigenvalue weighted by Crippen LogP contribution is -2.13. The van der Waals surface area contributed by atoms with Crippen molar-refractivity contribution < 1.29 is 0 Å². The van der Waals surface area contributed by atoms with Crippen LogP contribution >= 0.6 is 24.4 Å². The van der Waals surface area contributed by atoms with Crippen LogP contribution in [0, 0.1) is 0 Å². The fourth-order valence-corrected chi connectivity index (χ4v) is 3.32. The molecule has 0 saturated heterocycles. The average molecular weight is 250 g/mol. The van der Waals surface area contributed by atoms with Gasteiger partial charge >= 0.3 is 0 Å². The molecule has 2 aromatic rings. The molecule has 1 aromatic carbocycles. The molecule has 1 unspecified atom stereocenters. The fourth-order valence-electron chi connectivity index (χ4n) is 1.95. The van der Waals surface area contributed by atoms with E-state index >= 15 is 0 Å². The van der Waals surface area contributed by atoms with E-state index < -0.39 is 0 Å². The van der Waals surface area contributed by atoms with E-state index in [0.29, 0.717) is 10.6 Å². The van der Waals surface area contributed by atoms with Gasteiger partial charge < -0.3 is 4.57 Å². The van der Waals surface area contributed by atoms with Crippen LogP contribution in [0.15, 0.2) is 34.2 Å². The summed E-state index contributed by atoms with van der Waals surface area (Å²) in [5.74, 6) is 0.802. The van der Waals surface area contributed by atoms with Crippen LogP contribution in [0.1, 0.15) is 0 Å². The lowest BCUT2D eigenvalue weighted by atomic mass is 10.2. The number of nitrogens with zero attached hydrogens (tertiary/aromatic N) is 2. The van der Waals surface area contributed by atoms with Crippen molar-refractivity contribution in [3.8, 4) is 0 Å². The summed E-state index contributed by atoms with van der Waals surface area (Å²) in [7, 11) is 0. The van der Waals surface area contributed by atoms with E-state index in [-0.39, 0.29) is 5.56 Å². The predicted octanol–water partition coefficient (Wildman–Crippen LogP) is 1.80. The lowest BCUT2D eigenvalue weighted by molar-refractivity contribution is 0.668. The monoisotopic (exact) mass is 250 g/mol. The minimum absolute atomic E-state index is 0.130. The zero-order chi connectivity index (χ0) is 11.1. The molecule has 1 aliphatic heterocycles. The van der Waals surface area contributed by atoms with Crippen LogP contribution < -0.4 is 5.56 Å². The van der Waals surface area contributed by atoms with E-state index in [0.717, 1.165) is 23.0 Å². The van der Waals surface area contributed by atoms with Crippen molar-refractivity contribution in [3.63, 3.8) is 0 Å². The molecule has 0 amide bonds. The van der Waals surface area contributed by atoms with Gasteiger partial charge in [0.2, 0.25) is 0 Å². The topological polar surface area (TPSA) is 34.9 Å². The number of thiol groups is 1. The van der Waals surface area contributed by atoms with Gasteiger partial charge in [0, 0.05) is 17.5 Å². The first-order valence-corrected chi connectivity index (χ1v) is 6.58. The number of benzene rings is 1. The zero-order valence-corrected chi connectivity index (χ0v) is 10.2. The second kappa shape index (κ2) is 3.82. The zero-order valence-electron chi connectivity index (χ0n) is 8.46. The van der Waals surface area contributed by atoms with Gasteiger partial charge in [-0.1, -0.05) is 23.9 Å². The van der Waals surface area contributed by atoms with Crippen LogP contribution in [-0.2, 0) is 6.54 Å². The van der Waals surface area contributed by atoms with Crippen LogP contribution in [0.3, 0.4) is 0 Å². The van der Waals surface area contributed by atoms with Crippen molar-refractivity contribution in [2.24, 2.45) is 0 Å². The molecular weight excluding hydrogens is 240 g/mol. The van der Waals surface area contributed by atoms with Gasteiger partial charge in [0.05, 0.1) is 10.9 Å². The molecule has 0 aliphatic carbocycles. The van der Waals surface area contributed by atoms with Gasteiger partial charge in [-0.25, -0.2) is 0 Å². The molecule has 0 spiro atoms. The van der Waals surface area contributed by atoms with Crippen LogP contribution in [0.5, 0.6) is 0 Å². The highest BCUT2D eigenvalue weighted by Crippen LogP contribution is 2.32. The third-order valence-corrected chi connectivity index (χ3v) is 4.57. The Morgan fingerprint density at radius 2 is 2.31 bits per heavy atom. The first-order chi connectivity index (χ1) is 7.79. The maximum atomic E-state index is 11.8. The second-order valence-electron chi connectivity index (χ2n) is 3.75. The molecule has 5 heteroatoms. The van der Waals surface area contributed by atoms with Crippen molar-refractivity contribution in [3.05, 3.63) is 34.6 Å². The Balaban J connectivity index is 2.30. The summed E-state index contributed by atoms with van der Waals surface area (Å²) in [6.07, 6.45) is 0. The smallest absolute Gasteiger partial charge is 0.281 e. The number of hydrogen-bond donors (Lipinski definition) is 1. The van der Waals surface area contributed by atoms with Crippen LogP contribution in [0.2, 0.25) is 0 Å². The second-order valence-corrected chi connectivity index (χ2v) is 5.38. The number of fused-ring (bicyclic) bond motifs is 3. The molecule has 0 N–H and O–H groups in total. The molecule has 16 heavy (non-hydrogen) atoms. The van der Waals surface area contributed by atoms with E-state index in [1.165, 1.54) is 0 Å². The molecule has 3 rings (SSSR count). The summed E-state index contributed by atoms with van der Waals surface area (Å²) in [5.41, 5.74) is 0.850. The largest absolute Gasteiger partial charge is 0.319 e. The van der Waals surface area contributed by atoms with Crippen molar-refractivity contribution in [2.45, 2.75) is 17.0 Å². The van der Waals surface area contributed by atoms with Crippen LogP contribution in [0.4, 0.5) is 0 Å². The highest BCUT2D eigenvalue weighted by molar-refractivity contribution is 8.00. The quantitative estimate of drug-likeness (QED) is 0.619. The Morgan fingerprint density at radius 1 is 1.50 bits per heavy atom. The van der Waals surface area contributed by atoms with Crippen LogP contribution in [0.25, 0.3) is 10.9 Å². The van der Waals surface area contributed by atoms with E-state index in [1.54, 1.807) is 11.8 Å². The van der Waals surface area contributed by atoms with Crippen molar-refractivity contribution in [2.75, 3.05) is 5.75 Å². The molecule has 82 valence electrons. The summed E-state index contributed by atoms with van der Waals surface area (Å²) in [6, 6.07) is 7.63. The molecule has 1 atom stereocenters. The molecule has 1 aromatic heterocycles. The number of para-hydroxylation sites is 1. The van der Waals surface area contributed by atoms with E-state index in [4.69, 9.17) is 0 Å². The van der Waals surface area contributed by atoms with Crippen molar-refractivity contribution >= 4 is 35.3 Å².